The molecule has 0 saturated carbocycles. The van der Waals surface area contributed by atoms with Gasteiger partial charge in [0.05, 0.1) is 0 Å². The zero-order valence-corrected chi connectivity index (χ0v) is 9.03. The molecule has 76 valence electrons. The summed E-state index contributed by atoms with van der Waals surface area (Å²) in [6.45, 7) is 10.3. The number of rotatable bonds is 4. The molecule has 0 N–H and O–H groups in total. The maximum atomic E-state index is 6.25. The van der Waals surface area contributed by atoms with Gasteiger partial charge in [0.15, 0.2) is 11.9 Å². The fourth-order valence-corrected chi connectivity index (χ4v) is 1.34. The Morgan fingerprint density at radius 2 is 2.00 bits per heavy atom. The summed E-state index contributed by atoms with van der Waals surface area (Å²) in [4.78, 5) is 0. The Balaban J connectivity index is 0.000000791. The van der Waals surface area contributed by atoms with E-state index in [2.05, 4.69) is 42.8 Å². The normalized spacial score (nSPS) is 8.86. The van der Waals surface area contributed by atoms with Crippen LogP contribution in [0.3, 0.4) is 0 Å². The molecule has 0 unspecified atom stereocenters. The summed E-state index contributed by atoms with van der Waals surface area (Å²) in [5, 5.41) is 6.25. The standard InChI is InChI=1S/C11H18N.CN/c1-3-4-6-9-12-10-7-5-8-11(12)2;1-2/h5,7-8,10H,3-4,6,9H2,1-2H3;/q+1;-1. The Kier molecular flexibility index (Phi) is 7.45. The third kappa shape index (κ3) is 4.61. The molecule has 1 heterocycles. The lowest BCUT2D eigenvalue weighted by Crippen LogP contribution is -2.36. The molecule has 1 aromatic rings. The number of aryl methyl sites for hydroxylation is 2. The minimum atomic E-state index is 1.17. The number of pyridine rings is 1. The molecule has 0 aliphatic heterocycles. The Morgan fingerprint density at radius 1 is 1.29 bits per heavy atom. The van der Waals surface area contributed by atoms with E-state index < -0.39 is 0 Å². The summed E-state index contributed by atoms with van der Waals surface area (Å²) < 4.78 is 2.32. The summed E-state index contributed by atoms with van der Waals surface area (Å²) in [6, 6.07) is 6.34. The zero-order valence-electron chi connectivity index (χ0n) is 9.03. The van der Waals surface area contributed by atoms with Crippen LogP contribution in [0, 0.1) is 18.8 Å². The number of nitrogens with zero attached hydrogens (tertiary/aromatic N) is 2. The van der Waals surface area contributed by atoms with Crippen LogP contribution in [-0.2, 0) is 6.54 Å². The molecule has 0 radical (unpaired) electrons. The highest BCUT2D eigenvalue weighted by atomic mass is 14.9. The summed E-state index contributed by atoms with van der Waals surface area (Å²) >= 11 is 0. The van der Waals surface area contributed by atoms with Gasteiger partial charge in [-0.2, -0.15) is 0 Å². The van der Waals surface area contributed by atoms with Gasteiger partial charge < -0.3 is 11.8 Å². The molecule has 1 rings (SSSR count). The molecule has 14 heavy (non-hydrogen) atoms. The first-order valence-corrected chi connectivity index (χ1v) is 5.02. The molecular weight excluding hydrogens is 172 g/mol. The largest absolute Gasteiger partial charge is 0.512 e. The molecule has 1 aromatic heterocycles. The second-order valence-electron chi connectivity index (χ2n) is 3.24. The Morgan fingerprint density at radius 3 is 2.57 bits per heavy atom. The molecule has 0 atom stereocenters. The van der Waals surface area contributed by atoms with Crippen molar-refractivity contribution in [1.29, 1.82) is 5.26 Å². The van der Waals surface area contributed by atoms with Crippen LogP contribution in [0.1, 0.15) is 31.9 Å². The maximum Gasteiger partial charge on any atom is 0.178 e. The maximum absolute atomic E-state index is 6.25. The number of hydrogen-bond acceptors (Lipinski definition) is 1. The van der Waals surface area contributed by atoms with Crippen LogP contribution in [0.25, 0.3) is 0 Å². The van der Waals surface area contributed by atoms with Gasteiger partial charge in [-0.25, -0.2) is 4.57 Å². The third-order valence-electron chi connectivity index (χ3n) is 2.17. The average molecular weight is 190 g/mol. The Labute approximate surface area is 86.8 Å². The quantitative estimate of drug-likeness (QED) is 0.407. The molecular formula is C12H18N2. The van der Waals surface area contributed by atoms with Crippen molar-refractivity contribution in [2.75, 3.05) is 0 Å². The lowest BCUT2D eigenvalue weighted by molar-refractivity contribution is -0.703. The smallest absolute Gasteiger partial charge is 0.178 e. The van der Waals surface area contributed by atoms with Gasteiger partial charge in [-0.05, 0) is 6.42 Å². The van der Waals surface area contributed by atoms with E-state index >= 15 is 0 Å². The molecule has 0 aromatic carbocycles. The lowest BCUT2D eigenvalue weighted by Gasteiger charge is -1.98. The van der Waals surface area contributed by atoms with E-state index in [0.29, 0.717) is 0 Å². The van der Waals surface area contributed by atoms with Gasteiger partial charge in [-0.3, -0.25) is 0 Å². The van der Waals surface area contributed by atoms with E-state index in [4.69, 9.17) is 11.8 Å². The highest BCUT2D eigenvalue weighted by molar-refractivity contribution is 4.93. The summed E-state index contributed by atoms with van der Waals surface area (Å²) in [7, 11) is 0. The fourth-order valence-electron chi connectivity index (χ4n) is 1.34. The monoisotopic (exact) mass is 190 g/mol. The molecule has 2 heteroatoms. The van der Waals surface area contributed by atoms with Gasteiger partial charge in [0, 0.05) is 25.5 Å². The van der Waals surface area contributed by atoms with Gasteiger partial charge >= 0.3 is 0 Å². The van der Waals surface area contributed by atoms with Gasteiger partial charge in [0.25, 0.3) is 0 Å². The van der Waals surface area contributed by atoms with Gasteiger partial charge in [0.2, 0.25) is 0 Å². The summed E-state index contributed by atoms with van der Waals surface area (Å²) in [5.41, 5.74) is 1.36. The first-order chi connectivity index (χ1) is 6.84. The topological polar surface area (TPSA) is 27.7 Å². The van der Waals surface area contributed by atoms with Crippen molar-refractivity contribution < 1.29 is 4.57 Å². The van der Waals surface area contributed by atoms with Crippen LogP contribution in [0.5, 0.6) is 0 Å². The summed E-state index contributed by atoms with van der Waals surface area (Å²) in [6.07, 6.45) is 6.09. The molecule has 0 amide bonds. The molecule has 0 aliphatic rings. The highest BCUT2D eigenvalue weighted by Gasteiger charge is 2.01. The van der Waals surface area contributed by atoms with Crippen molar-refractivity contribution in [1.82, 2.24) is 0 Å². The number of unbranched alkanes of at least 4 members (excludes halogenated alkanes) is 2. The van der Waals surface area contributed by atoms with Gasteiger partial charge in [0.1, 0.15) is 6.54 Å². The van der Waals surface area contributed by atoms with Crippen LogP contribution >= 0.6 is 0 Å². The third-order valence-corrected chi connectivity index (χ3v) is 2.17. The summed E-state index contributed by atoms with van der Waals surface area (Å²) in [5.74, 6) is 0. The van der Waals surface area contributed by atoms with E-state index in [9.17, 15) is 0 Å². The van der Waals surface area contributed by atoms with Gasteiger partial charge in [-0.1, -0.05) is 19.4 Å². The van der Waals surface area contributed by atoms with Crippen molar-refractivity contribution in [2.45, 2.75) is 39.7 Å². The van der Waals surface area contributed by atoms with Crippen LogP contribution in [-0.4, -0.2) is 0 Å². The number of hydrogen-bond donors (Lipinski definition) is 0. The fraction of sp³-hybridized carbons (Fsp3) is 0.500. The highest BCUT2D eigenvalue weighted by Crippen LogP contribution is 1.95. The van der Waals surface area contributed by atoms with Crippen LogP contribution in [0.2, 0.25) is 0 Å². The first kappa shape index (κ1) is 12.6. The second kappa shape index (κ2) is 8.25. The molecule has 0 aliphatic carbocycles. The van der Waals surface area contributed by atoms with Crippen LogP contribution in [0.4, 0.5) is 0 Å². The minimum Gasteiger partial charge on any atom is -0.512 e. The Bertz CT molecular complexity index is 266. The minimum absolute atomic E-state index is 1.17. The Hall–Kier alpha value is -1.36. The van der Waals surface area contributed by atoms with Crippen molar-refractivity contribution in [3.63, 3.8) is 0 Å². The number of aromatic nitrogens is 1. The molecule has 0 bridgehead atoms. The second-order valence-corrected chi connectivity index (χ2v) is 3.24. The van der Waals surface area contributed by atoms with Gasteiger partial charge in [-0.15, -0.1) is 0 Å². The molecule has 0 spiro atoms. The van der Waals surface area contributed by atoms with E-state index in [-0.39, 0.29) is 0 Å². The first-order valence-electron chi connectivity index (χ1n) is 5.02. The SMILES string of the molecule is CCCCC[n+]1ccccc1C.[C-]#N. The van der Waals surface area contributed by atoms with Crippen LogP contribution in [0.15, 0.2) is 24.4 Å². The average Bonchev–Trinajstić information content (AvgIpc) is 2.24. The lowest BCUT2D eigenvalue weighted by atomic mass is 10.2. The van der Waals surface area contributed by atoms with Crippen molar-refractivity contribution >= 4 is 0 Å². The van der Waals surface area contributed by atoms with E-state index in [1.165, 1.54) is 31.5 Å². The van der Waals surface area contributed by atoms with E-state index in [0.717, 1.165) is 0 Å². The molecule has 0 saturated heterocycles. The van der Waals surface area contributed by atoms with Crippen molar-refractivity contribution in [3.05, 3.63) is 36.7 Å². The van der Waals surface area contributed by atoms with Crippen molar-refractivity contribution in [3.8, 4) is 0 Å². The molecule has 0 fully saturated rings. The van der Waals surface area contributed by atoms with Crippen molar-refractivity contribution in [2.24, 2.45) is 0 Å². The predicted molar refractivity (Wildman–Crippen MR) is 55.9 cm³/mol. The van der Waals surface area contributed by atoms with E-state index in [1.807, 2.05) is 0 Å². The van der Waals surface area contributed by atoms with Crippen LogP contribution < -0.4 is 4.57 Å². The predicted octanol–water partition coefficient (Wildman–Crippen LogP) is 2.57. The zero-order chi connectivity index (χ0) is 10.8. The molecule has 2 nitrogen and oxygen atoms in total. The van der Waals surface area contributed by atoms with E-state index in [1.54, 1.807) is 0 Å².